The molecule has 0 aliphatic rings. The summed E-state index contributed by atoms with van der Waals surface area (Å²) in [6.07, 6.45) is 1.18. The predicted molar refractivity (Wildman–Crippen MR) is 84.3 cm³/mol. The van der Waals surface area contributed by atoms with Crippen molar-refractivity contribution in [2.45, 2.75) is 18.9 Å². The lowest BCUT2D eigenvalue weighted by Crippen LogP contribution is -2.15. The van der Waals surface area contributed by atoms with Crippen LogP contribution in [0.2, 0.25) is 0 Å². The minimum absolute atomic E-state index is 0.154. The average molecular weight is 319 g/mol. The molecule has 1 amide bonds. The maximum atomic E-state index is 10.8. The molecule has 5 nitrogen and oxygen atoms in total. The van der Waals surface area contributed by atoms with Crippen LogP contribution in [0.5, 0.6) is 5.75 Å². The molecule has 0 saturated carbocycles. The van der Waals surface area contributed by atoms with Gasteiger partial charge in [0.2, 0.25) is 0 Å². The van der Waals surface area contributed by atoms with E-state index >= 15 is 0 Å². The molecule has 0 spiro atoms. The van der Waals surface area contributed by atoms with Crippen LogP contribution < -0.4 is 10.5 Å². The van der Waals surface area contributed by atoms with Crippen molar-refractivity contribution in [3.8, 4) is 5.75 Å². The Morgan fingerprint density at radius 3 is 2.86 bits per heavy atom. The van der Waals surface area contributed by atoms with Gasteiger partial charge in [0.15, 0.2) is 0 Å². The summed E-state index contributed by atoms with van der Waals surface area (Å²) < 4.78 is 10.7. The quantitative estimate of drug-likeness (QED) is 0.596. The van der Waals surface area contributed by atoms with Gasteiger partial charge >= 0.3 is 6.09 Å². The normalized spacial score (nSPS) is 11.6. The SMILES string of the molecule is NC(=O)OCCCC(Oc1cccc(C=O)c1)c1cccs1. The second kappa shape index (κ2) is 8.19. The molecule has 1 unspecified atom stereocenters. The van der Waals surface area contributed by atoms with Gasteiger partial charge in [0.1, 0.15) is 18.1 Å². The summed E-state index contributed by atoms with van der Waals surface area (Å²) in [5.41, 5.74) is 5.51. The molecule has 1 atom stereocenters. The second-order valence-electron chi connectivity index (χ2n) is 4.62. The van der Waals surface area contributed by atoms with Gasteiger partial charge < -0.3 is 15.2 Å². The highest BCUT2D eigenvalue weighted by molar-refractivity contribution is 7.10. The van der Waals surface area contributed by atoms with Crippen LogP contribution in [0.3, 0.4) is 0 Å². The molecule has 1 heterocycles. The van der Waals surface area contributed by atoms with Crippen molar-refractivity contribution in [2.75, 3.05) is 6.61 Å². The van der Waals surface area contributed by atoms with Crippen molar-refractivity contribution in [3.63, 3.8) is 0 Å². The van der Waals surface area contributed by atoms with Crippen LogP contribution in [0.15, 0.2) is 41.8 Å². The summed E-state index contributed by atoms with van der Waals surface area (Å²) in [4.78, 5) is 22.5. The largest absolute Gasteiger partial charge is 0.485 e. The lowest BCUT2D eigenvalue weighted by atomic mass is 10.1. The summed E-state index contributed by atoms with van der Waals surface area (Å²) in [5, 5.41) is 1.98. The minimum atomic E-state index is -0.771. The van der Waals surface area contributed by atoms with E-state index in [0.29, 0.717) is 24.2 Å². The molecule has 0 aliphatic heterocycles. The summed E-state index contributed by atoms with van der Waals surface area (Å²) in [5.74, 6) is 0.638. The van der Waals surface area contributed by atoms with Gasteiger partial charge in [-0.1, -0.05) is 18.2 Å². The molecule has 2 rings (SSSR count). The summed E-state index contributed by atoms with van der Waals surface area (Å²) >= 11 is 1.60. The maximum absolute atomic E-state index is 10.8. The average Bonchev–Trinajstić information content (AvgIpc) is 3.04. The van der Waals surface area contributed by atoms with Crippen LogP contribution in [-0.4, -0.2) is 19.0 Å². The van der Waals surface area contributed by atoms with Crippen molar-refractivity contribution >= 4 is 23.7 Å². The number of thiophene rings is 1. The van der Waals surface area contributed by atoms with Crippen LogP contribution in [-0.2, 0) is 4.74 Å². The molecule has 1 aromatic heterocycles. The van der Waals surface area contributed by atoms with Gasteiger partial charge in [0.05, 0.1) is 6.61 Å². The molecule has 2 aromatic rings. The third kappa shape index (κ3) is 4.89. The monoisotopic (exact) mass is 319 g/mol. The first-order valence-electron chi connectivity index (χ1n) is 6.86. The first kappa shape index (κ1) is 16.0. The van der Waals surface area contributed by atoms with E-state index in [1.807, 2.05) is 23.6 Å². The van der Waals surface area contributed by atoms with E-state index in [0.717, 1.165) is 11.2 Å². The van der Waals surface area contributed by atoms with E-state index in [1.54, 1.807) is 29.5 Å². The number of rotatable bonds is 8. The number of carbonyl (C=O) groups excluding carboxylic acids is 2. The molecule has 116 valence electrons. The van der Waals surface area contributed by atoms with Crippen molar-refractivity contribution in [3.05, 3.63) is 52.2 Å². The smallest absolute Gasteiger partial charge is 0.404 e. The van der Waals surface area contributed by atoms with E-state index in [9.17, 15) is 9.59 Å². The van der Waals surface area contributed by atoms with E-state index in [1.165, 1.54) is 0 Å². The third-order valence-electron chi connectivity index (χ3n) is 2.99. The third-order valence-corrected chi connectivity index (χ3v) is 3.95. The number of amides is 1. The summed E-state index contributed by atoms with van der Waals surface area (Å²) in [6, 6.07) is 11.0. The number of carbonyl (C=O) groups is 2. The molecule has 22 heavy (non-hydrogen) atoms. The van der Waals surface area contributed by atoms with E-state index in [2.05, 4.69) is 0 Å². The van der Waals surface area contributed by atoms with Crippen LogP contribution in [0.1, 0.15) is 34.2 Å². The van der Waals surface area contributed by atoms with Gasteiger partial charge in [0, 0.05) is 10.4 Å². The highest BCUT2D eigenvalue weighted by Crippen LogP contribution is 2.29. The van der Waals surface area contributed by atoms with Crippen molar-refractivity contribution in [1.29, 1.82) is 0 Å². The van der Waals surface area contributed by atoms with Crippen LogP contribution >= 0.6 is 11.3 Å². The minimum Gasteiger partial charge on any atom is -0.485 e. The topological polar surface area (TPSA) is 78.6 Å². The zero-order valence-corrected chi connectivity index (χ0v) is 12.8. The number of ether oxygens (including phenoxy) is 2. The van der Waals surface area contributed by atoms with Crippen molar-refractivity contribution in [2.24, 2.45) is 5.73 Å². The Morgan fingerprint density at radius 1 is 1.32 bits per heavy atom. The number of benzene rings is 1. The molecule has 1 aromatic carbocycles. The number of primary amides is 1. The molecule has 0 bridgehead atoms. The van der Waals surface area contributed by atoms with Crippen LogP contribution in [0.25, 0.3) is 0 Å². The van der Waals surface area contributed by atoms with Gasteiger partial charge in [-0.3, -0.25) is 4.79 Å². The molecular weight excluding hydrogens is 302 g/mol. The number of aldehydes is 1. The molecule has 2 N–H and O–H groups in total. The van der Waals surface area contributed by atoms with Gasteiger partial charge in [-0.25, -0.2) is 4.79 Å². The predicted octanol–water partition coefficient (Wildman–Crippen LogP) is 3.56. The molecule has 0 fully saturated rings. The standard InChI is InChI=1S/C16H17NO4S/c17-16(19)20-8-2-6-14(15-7-3-9-22-15)21-13-5-1-4-12(10-13)11-18/h1,3-5,7,9-11,14H,2,6,8H2,(H2,17,19). The Labute approximate surface area is 132 Å². The molecule has 0 radical (unpaired) electrons. The number of nitrogens with two attached hydrogens (primary N) is 1. The zero-order valence-electron chi connectivity index (χ0n) is 11.9. The Bertz CT molecular complexity index is 612. The van der Waals surface area contributed by atoms with E-state index in [-0.39, 0.29) is 12.7 Å². The number of hydrogen-bond donors (Lipinski definition) is 1. The maximum Gasteiger partial charge on any atom is 0.404 e. The van der Waals surface area contributed by atoms with Gasteiger partial charge in [-0.15, -0.1) is 11.3 Å². The fraction of sp³-hybridized carbons (Fsp3) is 0.250. The van der Waals surface area contributed by atoms with Gasteiger partial charge in [-0.05, 0) is 36.4 Å². The fourth-order valence-electron chi connectivity index (χ4n) is 2.00. The van der Waals surface area contributed by atoms with Crippen molar-refractivity contribution in [1.82, 2.24) is 0 Å². The van der Waals surface area contributed by atoms with Crippen molar-refractivity contribution < 1.29 is 19.1 Å². The van der Waals surface area contributed by atoms with E-state index in [4.69, 9.17) is 15.2 Å². The molecule has 0 saturated heterocycles. The number of hydrogen-bond acceptors (Lipinski definition) is 5. The van der Waals surface area contributed by atoms with Crippen LogP contribution in [0.4, 0.5) is 4.79 Å². The highest BCUT2D eigenvalue weighted by Gasteiger charge is 2.15. The Kier molecular flexibility index (Phi) is 5.97. The molecular formula is C16H17NO4S. The van der Waals surface area contributed by atoms with E-state index < -0.39 is 6.09 Å². The first-order valence-corrected chi connectivity index (χ1v) is 7.74. The van der Waals surface area contributed by atoms with Gasteiger partial charge in [-0.2, -0.15) is 0 Å². The summed E-state index contributed by atoms with van der Waals surface area (Å²) in [7, 11) is 0. The lowest BCUT2D eigenvalue weighted by Gasteiger charge is -2.18. The Morgan fingerprint density at radius 2 is 2.18 bits per heavy atom. The summed E-state index contributed by atoms with van der Waals surface area (Å²) in [6.45, 7) is 0.259. The highest BCUT2D eigenvalue weighted by atomic mass is 32.1. The molecule has 6 heteroatoms. The van der Waals surface area contributed by atoms with Crippen LogP contribution in [0, 0.1) is 0 Å². The molecule has 0 aliphatic carbocycles. The lowest BCUT2D eigenvalue weighted by molar-refractivity contribution is 0.112. The Balaban J connectivity index is 2.01. The fourth-order valence-corrected chi connectivity index (χ4v) is 2.79. The second-order valence-corrected chi connectivity index (χ2v) is 5.60. The Hall–Kier alpha value is -2.34. The zero-order chi connectivity index (χ0) is 15.8. The van der Waals surface area contributed by atoms with Gasteiger partial charge in [0.25, 0.3) is 0 Å². The first-order chi connectivity index (χ1) is 10.7.